The van der Waals surface area contributed by atoms with Gasteiger partial charge < -0.3 is 5.73 Å². The molecule has 0 aliphatic rings. The highest BCUT2D eigenvalue weighted by Crippen LogP contribution is 2.24. The number of hydrogen-bond donors (Lipinski definition) is 1. The Kier molecular flexibility index (Phi) is 5.16. The van der Waals surface area contributed by atoms with Crippen molar-refractivity contribution < 1.29 is 0 Å². The van der Waals surface area contributed by atoms with Crippen molar-refractivity contribution >= 4 is 23.1 Å². The molecular weight excluding hydrogens is 262 g/mol. The van der Waals surface area contributed by atoms with Crippen LogP contribution in [0.3, 0.4) is 0 Å². The molecule has 0 bridgehead atoms. The van der Waals surface area contributed by atoms with Crippen LogP contribution in [0.4, 0.5) is 0 Å². The number of aromatic nitrogens is 2. The highest BCUT2D eigenvalue weighted by atomic mass is 32.2. The molecule has 5 heteroatoms. The molecular formula is C13H17N3S2. The van der Waals surface area contributed by atoms with Crippen LogP contribution in [0.5, 0.6) is 0 Å². The molecule has 0 saturated carbocycles. The zero-order valence-electron chi connectivity index (χ0n) is 10.4. The van der Waals surface area contributed by atoms with Gasteiger partial charge in [-0.15, -0.1) is 11.3 Å². The van der Waals surface area contributed by atoms with E-state index in [1.807, 2.05) is 30.0 Å². The van der Waals surface area contributed by atoms with Gasteiger partial charge in [-0.1, -0.05) is 13.0 Å². The molecule has 0 amide bonds. The zero-order valence-corrected chi connectivity index (χ0v) is 12.0. The van der Waals surface area contributed by atoms with E-state index in [-0.39, 0.29) is 0 Å². The Morgan fingerprint density at radius 2 is 2.33 bits per heavy atom. The average molecular weight is 279 g/mol. The van der Waals surface area contributed by atoms with E-state index in [0.29, 0.717) is 5.92 Å². The van der Waals surface area contributed by atoms with Crippen LogP contribution in [0.15, 0.2) is 29.8 Å². The fourth-order valence-corrected chi connectivity index (χ4v) is 3.33. The first kappa shape index (κ1) is 13.5. The van der Waals surface area contributed by atoms with Gasteiger partial charge in [0.1, 0.15) is 5.01 Å². The molecule has 0 spiro atoms. The smallest absolute Gasteiger partial charge is 0.142 e. The second-order valence-corrected chi connectivity index (χ2v) is 6.10. The number of thioether (sulfide) groups is 1. The lowest BCUT2D eigenvalue weighted by Gasteiger charge is -2.05. The van der Waals surface area contributed by atoms with Gasteiger partial charge >= 0.3 is 0 Å². The third kappa shape index (κ3) is 3.80. The Morgan fingerprint density at radius 1 is 1.44 bits per heavy atom. The lowest BCUT2D eigenvalue weighted by Crippen LogP contribution is -2.12. The van der Waals surface area contributed by atoms with E-state index >= 15 is 0 Å². The maximum Gasteiger partial charge on any atom is 0.142 e. The van der Waals surface area contributed by atoms with Gasteiger partial charge in [0.05, 0.1) is 11.4 Å². The van der Waals surface area contributed by atoms with Crippen molar-refractivity contribution in [2.75, 3.05) is 12.3 Å². The highest BCUT2D eigenvalue weighted by molar-refractivity contribution is 7.98. The summed E-state index contributed by atoms with van der Waals surface area (Å²) in [6, 6.07) is 5.90. The number of nitrogens with two attached hydrogens (primary N) is 1. The maximum absolute atomic E-state index is 5.60. The van der Waals surface area contributed by atoms with Crippen molar-refractivity contribution in [3.05, 3.63) is 35.5 Å². The van der Waals surface area contributed by atoms with Gasteiger partial charge in [-0.05, 0) is 30.3 Å². The number of pyridine rings is 1. The summed E-state index contributed by atoms with van der Waals surface area (Å²) in [7, 11) is 0. The molecule has 2 N–H and O–H groups in total. The average Bonchev–Trinajstić information content (AvgIpc) is 2.88. The van der Waals surface area contributed by atoms with E-state index in [9.17, 15) is 0 Å². The van der Waals surface area contributed by atoms with Gasteiger partial charge in [-0.25, -0.2) is 4.98 Å². The summed E-state index contributed by atoms with van der Waals surface area (Å²) < 4.78 is 0. The summed E-state index contributed by atoms with van der Waals surface area (Å²) in [5.41, 5.74) is 7.68. The SMILES string of the molecule is CC(CN)CSCc1csc(-c2ccccn2)n1. The van der Waals surface area contributed by atoms with Crippen LogP contribution in [0.2, 0.25) is 0 Å². The Labute approximate surface area is 116 Å². The van der Waals surface area contributed by atoms with E-state index in [2.05, 4.69) is 22.3 Å². The molecule has 2 rings (SSSR count). The topological polar surface area (TPSA) is 51.8 Å². The van der Waals surface area contributed by atoms with Gasteiger partial charge in [0, 0.05) is 17.3 Å². The Balaban J connectivity index is 1.91. The second kappa shape index (κ2) is 6.87. The fraction of sp³-hybridized carbons (Fsp3) is 0.385. The van der Waals surface area contributed by atoms with Crippen LogP contribution in [-0.4, -0.2) is 22.3 Å². The third-order valence-electron chi connectivity index (χ3n) is 2.49. The maximum atomic E-state index is 5.60. The molecule has 2 heterocycles. The molecule has 0 saturated heterocycles. The van der Waals surface area contributed by atoms with Crippen molar-refractivity contribution in [3.63, 3.8) is 0 Å². The summed E-state index contributed by atoms with van der Waals surface area (Å²) in [6.45, 7) is 2.93. The predicted octanol–water partition coefficient (Wildman–Crippen LogP) is 3.03. The summed E-state index contributed by atoms with van der Waals surface area (Å²) >= 11 is 3.55. The van der Waals surface area contributed by atoms with Gasteiger partial charge in [-0.2, -0.15) is 11.8 Å². The minimum Gasteiger partial charge on any atom is -0.330 e. The number of nitrogens with zero attached hydrogens (tertiary/aromatic N) is 2. The Bertz CT molecular complexity index is 470. The van der Waals surface area contributed by atoms with Crippen molar-refractivity contribution in [1.82, 2.24) is 9.97 Å². The monoisotopic (exact) mass is 279 g/mol. The number of hydrogen-bond acceptors (Lipinski definition) is 5. The first-order valence-electron chi connectivity index (χ1n) is 5.93. The molecule has 0 aromatic carbocycles. The molecule has 3 nitrogen and oxygen atoms in total. The van der Waals surface area contributed by atoms with Gasteiger partial charge in [-0.3, -0.25) is 4.98 Å². The molecule has 2 aromatic heterocycles. The van der Waals surface area contributed by atoms with Crippen LogP contribution in [0.1, 0.15) is 12.6 Å². The fourth-order valence-electron chi connectivity index (χ4n) is 1.41. The molecule has 2 aromatic rings. The van der Waals surface area contributed by atoms with Gasteiger partial charge in [0.15, 0.2) is 0 Å². The number of thiazole rings is 1. The van der Waals surface area contributed by atoms with Crippen LogP contribution in [0, 0.1) is 5.92 Å². The molecule has 1 atom stereocenters. The molecule has 18 heavy (non-hydrogen) atoms. The van der Waals surface area contributed by atoms with E-state index in [1.54, 1.807) is 17.5 Å². The Morgan fingerprint density at radius 3 is 3.06 bits per heavy atom. The summed E-state index contributed by atoms with van der Waals surface area (Å²) in [6.07, 6.45) is 1.80. The Hall–Kier alpha value is -0.910. The molecule has 1 unspecified atom stereocenters. The van der Waals surface area contributed by atoms with Crippen molar-refractivity contribution in [2.24, 2.45) is 11.7 Å². The summed E-state index contributed by atoms with van der Waals surface area (Å²) in [5.74, 6) is 2.62. The second-order valence-electron chi connectivity index (χ2n) is 4.21. The normalized spacial score (nSPS) is 12.6. The standard InChI is InChI=1S/C13H17N3S2/c1-10(6-14)7-17-8-11-9-18-13(16-11)12-4-2-3-5-15-12/h2-5,9-10H,6-8,14H2,1H3. The van der Waals surface area contributed by atoms with Crippen molar-refractivity contribution in [2.45, 2.75) is 12.7 Å². The molecule has 0 aliphatic carbocycles. The van der Waals surface area contributed by atoms with Crippen molar-refractivity contribution in [1.29, 1.82) is 0 Å². The van der Waals surface area contributed by atoms with Crippen LogP contribution in [-0.2, 0) is 5.75 Å². The minimum atomic E-state index is 0.573. The molecule has 96 valence electrons. The van der Waals surface area contributed by atoms with Gasteiger partial charge in [0.25, 0.3) is 0 Å². The van der Waals surface area contributed by atoms with Crippen LogP contribution in [0.25, 0.3) is 10.7 Å². The first-order chi connectivity index (χ1) is 8.79. The summed E-state index contributed by atoms with van der Waals surface area (Å²) in [5, 5.41) is 3.11. The number of rotatable bonds is 6. The zero-order chi connectivity index (χ0) is 12.8. The first-order valence-corrected chi connectivity index (χ1v) is 7.96. The van der Waals surface area contributed by atoms with Crippen molar-refractivity contribution in [3.8, 4) is 10.7 Å². The largest absolute Gasteiger partial charge is 0.330 e. The minimum absolute atomic E-state index is 0.573. The summed E-state index contributed by atoms with van der Waals surface area (Å²) in [4.78, 5) is 8.92. The molecule has 0 fully saturated rings. The highest BCUT2D eigenvalue weighted by Gasteiger charge is 2.06. The van der Waals surface area contributed by atoms with Crippen LogP contribution >= 0.6 is 23.1 Å². The van der Waals surface area contributed by atoms with E-state index in [0.717, 1.165) is 34.4 Å². The van der Waals surface area contributed by atoms with E-state index in [4.69, 9.17) is 5.73 Å². The third-order valence-corrected chi connectivity index (χ3v) is 4.71. The van der Waals surface area contributed by atoms with Crippen LogP contribution < -0.4 is 5.73 Å². The quantitative estimate of drug-likeness (QED) is 0.883. The predicted molar refractivity (Wildman–Crippen MR) is 79.7 cm³/mol. The van der Waals surface area contributed by atoms with Gasteiger partial charge in [0.2, 0.25) is 0 Å². The lowest BCUT2D eigenvalue weighted by molar-refractivity contribution is 0.675. The molecule has 0 radical (unpaired) electrons. The van der Waals surface area contributed by atoms with E-state index in [1.165, 1.54) is 0 Å². The molecule has 0 aliphatic heterocycles. The lowest BCUT2D eigenvalue weighted by atomic mass is 10.2. The van der Waals surface area contributed by atoms with E-state index < -0.39 is 0 Å².